The van der Waals surface area contributed by atoms with Crippen LogP contribution in [0.25, 0.3) is 10.8 Å². The van der Waals surface area contributed by atoms with Gasteiger partial charge >= 0.3 is 0 Å². The van der Waals surface area contributed by atoms with E-state index in [9.17, 15) is 14.5 Å². The van der Waals surface area contributed by atoms with Crippen LogP contribution in [0.4, 0.5) is 15.9 Å². The molecule has 0 aliphatic carbocycles. The van der Waals surface area contributed by atoms with Gasteiger partial charge in [0.25, 0.3) is 5.69 Å². The molecule has 6 nitrogen and oxygen atoms in total. The van der Waals surface area contributed by atoms with Crippen molar-refractivity contribution in [2.75, 3.05) is 18.4 Å². The molecule has 1 aromatic carbocycles. The van der Waals surface area contributed by atoms with E-state index in [0.717, 1.165) is 12.1 Å². The molecule has 0 unspecified atom stereocenters. The SMILES string of the molecule is NCCCNc1nccc2c([N+](=O)[O-])ccc(F)c12. The first-order chi connectivity index (χ1) is 9.15. The van der Waals surface area contributed by atoms with Crippen LogP contribution in [0, 0.1) is 15.9 Å². The molecule has 0 saturated carbocycles. The van der Waals surface area contributed by atoms with Crippen LogP contribution in [0.3, 0.4) is 0 Å². The molecule has 2 aromatic rings. The van der Waals surface area contributed by atoms with Crippen molar-refractivity contribution in [3.05, 3.63) is 40.3 Å². The van der Waals surface area contributed by atoms with Crippen LogP contribution < -0.4 is 11.1 Å². The maximum absolute atomic E-state index is 13.9. The molecule has 1 aromatic heterocycles. The highest BCUT2D eigenvalue weighted by molar-refractivity contribution is 5.98. The van der Waals surface area contributed by atoms with Gasteiger partial charge in [-0.3, -0.25) is 10.1 Å². The number of hydrogen-bond donors (Lipinski definition) is 2. The lowest BCUT2D eigenvalue weighted by molar-refractivity contribution is -0.383. The number of aromatic nitrogens is 1. The summed E-state index contributed by atoms with van der Waals surface area (Å²) in [6, 6.07) is 3.67. The van der Waals surface area contributed by atoms with E-state index in [4.69, 9.17) is 5.73 Å². The minimum absolute atomic E-state index is 0.133. The molecule has 0 amide bonds. The Labute approximate surface area is 108 Å². The van der Waals surface area contributed by atoms with Gasteiger partial charge in [-0.1, -0.05) is 0 Å². The zero-order chi connectivity index (χ0) is 13.8. The molecule has 3 N–H and O–H groups in total. The molecule has 0 fully saturated rings. The molecule has 0 aliphatic rings. The molecule has 0 radical (unpaired) electrons. The van der Waals surface area contributed by atoms with Crippen molar-refractivity contribution >= 4 is 22.3 Å². The largest absolute Gasteiger partial charge is 0.369 e. The molecule has 2 rings (SSSR count). The summed E-state index contributed by atoms with van der Waals surface area (Å²) in [7, 11) is 0. The Morgan fingerprint density at radius 2 is 2.21 bits per heavy atom. The number of anilines is 1. The topological polar surface area (TPSA) is 94.1 Å². The van der Waals surface area contributed by atoms with Crippen molar-refractivity contribution in [3.8, 4) is 0 Å². The Morgan fingerprint density at radius 1 is 1.42 bits per heavy atom. The van der Waals surface area contributed by atoms with Crippen molar-refractivity contribution in [1.29, 1.82) is 0 Å². The predicted octanol–water partition coefficient (Wildman–Crippen LogP) is 2.04. The smallest absolute Gasteiger partial charge is 0.277 e. The Kier molecular flexibility index (Phi) is 3.86. The zero-order valence-corrected chi connectivity index (χ0v) is 10.1. The maximum Gasteiger partial charge on any atom is 0.277 e. The maximum atomic E-state index is 13.9. The van der Waals surface area contributed by atoms with Gasteiger partial charge in [0.1, 0.15) is 11.6 Å². The predicted molar refractivity (Wildman–Crippen MR) is 70.5 cm³/mol. The van der Waals surface area contributed by atoms with Gasteiger partial charge in [0, 0.05) is 18.8 Å². The van der Waals surface area contributed by atoms with Crippen LogP contribution in [0.1, 0.15) is 6.42 Å². The van der Waals surface area contributed by atoms with E-state index in [1.807, 2.05) is 0 Å². The summed E-state index contributed by atoms with van der Waals surface area (Å²) in [5.74, 6) is -0.240. The lowest BCUT2D eigenvalue weighted by Gasteiger charge is -2.09. The number of non-ortho nitro benzene ring substituents is 1. The monoisotopic (exact) mass is 264 g/mol. The van der Waals surface area contributed by atoms with Gasteiger partial charge in [-0.15, -0.1) is 0 Å². The number of nitro benzene ring substituents is 1. The number of halogens is 1. The van der Waals surface area contributed by atoms with Crippen molar-refractivity contribution in [2.45, 2.75) is 6.42 Å². The summed E-state index contributed by atoms with van der Waals surface area (Å²) in [6.45, 7) is 1.03. The standard InChI is InChI=1S/C12H13FN4O2/c13-9-2-3-10(17(18)19)8-4-7-16-12(11(8)9)15-6-1-5-14/h2-4,7H,1,5-6,14H2,(H,15,16). The molecular formula is C12H13FN4O2. The third-order valence-electron chi connectivity index (χ3n) is 2.72. The number of nitrogens with two attached hydrogens (primary N) is 1. The van der Waals surface area contributed by atoms with E-state index in [1.54, 1.807) is 0 Å². The zero-order valence-electron chi connectivity index (χ0n) is 10.1. The normalized spacial score (nSPS) is 10.6. The number of fused-ring (bicyclic) bond motifs is 1. The average Bonchev–Trinajstić information content (AvgIpc) is 2.39. The number of nitrogens with zero attached hydrogens (tertiary/aromatic N) is 2. The molecule has 100 valence electrons. The first-order valence-corrected chi connectivity index (χ1v) is 5.80. The van der Waals surface area contributed by atoms with Crippen molar-refractivity contribution in [1.82, 2.24) is 4.98 Å². The molecule has 7 heteroatoms. The van der Waals surface area contributed by atoms with E-state index < -0.39 is 10.7 Å². The lowest BCUT2D eigenvalue weighted by Crippen LogP contribution is -2.10. The van der Waals surface area contributed by atoms with Crippen LogP contribution in [-0.2, 0) is 0 Å². The van der Waals surface area contributed by atoms with E-state index in [1.165, 1.54) is 12.3 Å². The Balaban J connectivity index is 2.54. The van der Waals surface area contributed by atoms with Gasteiger partial charge in [0.15, 0.2) is 0 Å². The fraction of sp³-hybridized carbons (Fsp3) is 0.250. The second-order valence-electron chi connectivity index (χ2n) is 3.97. The number of nitrogens with one attached hydrogen (secondary N) is 1. The van der Waals surface area contributed by atoms with Crippen molar-refractivity contribution in [2.24, 2.45) is 5.73 Å². The number of rotatable bonds is 5. The summed E-state index contributed by atoms with van der Waals surface area (Å²) in [6.07, 6.45) is 2.12. The Bertz CT molecular complexity index is 618. The molecule has 1 heterocycles. The second-order valence-corrected chi connectivity index (χ2v) is 3.97. The Hall–Kier alpha value is -2.28. The fourth-order valence-electron chi connectivity index (χ4n) is 1.84. The van der Waals surface area contributed by atoms with E-state index in [2.05, 4.69) is 10.3 Å². The van der Waals surface area contributed by atoms with Crippen LogP contribution >= 0.6 is 0 Å². The summed E-state index contributed by atoms with van der Waals surface area (Å²) in [5.41, 5.74) is 5.24. The number of benzene rings is 1. The van der Waals surface area contributed by atoms with Crippen molar-refractivity contribution < 1.29 is 9.31 Å². The van der Waals surface area contributed by atoms with Gasteiger partial charge in [0.05, 0.1) is 15.7 Å². The Morgan fingerprint density at radius 3 is 2.89 bits per heavy atom. The van der Waals surface area contributed by atoms with Crippen molar-refractivity contribution in [3.63, 3.8) is 0 Å². The third kappa shape index (κ3) is 2.60. The van der Waals surface area contributed by atoms with Crippen LogP contribution in [-0.4, -0.2) is 23.0 Å². The van der Waals surface area contributed by atoms with Gasteiger partial charge in [-0.25, -0.2) is 9.37 Å². The van der Waals surface area contributed by atoms with Gasteiger partial charge in [-0.05, 0) is 25.1 Å². The molecule has 0 saturated heterocycles. The van der Waals surface area contributed by atoms with E-state index >= 15 is 0 Å². The van der Waals surface area contributed by atoms with Gasteiger partial charge < -0.3 is 11.1 Å². The first kappa shape index (κ1) is 13.2. The summed E-state index contributed by atoms with van der Waals surface area (Å²) in [5, 5.41) is 14.2. The van der Waals surface area contributed by atoms with Gasteiger partial charge in [-0.2, -0.15) is 0 Å². The first-order valence-electron chi connectivity index (χ1n) is 5.80. The minimum atomic E-state index is -0.538. The quantitative estimate of drug-likeness (QED) is 0.489. The molecule has 0 bridgehead atoms. The third-order valence-corrected chi connectivity index (χ3v) is 2.72. The van der Waals surface area contributed by atoms with Crippen LogP contribution in [0.15, 0.2) is 24.4 Å². The number of pyridine rings is 1. The van der Waals surface area contributed by atoms with E-state index in [0.29, 0.717) is 25.3 Å². The molecule has 19 heavy (non-hydrogen) atoms. The lowest BCUT2D eigenvalue weighted by atomic mass is 10.1. The molecular weight excluding hydrogens is 251 g/mol. The molecule has 0 spiro atoms. The highest BCUT2D eigenvalue weighted by atomic mass is 19.1. The fourth-order valence-corrected chi connectivity index (χ4v) is 1.84. The summed E-state index contributed by atoms with van der Waals surface area (Å²) >= 11 is 0. The van der Waals surface area contributed by atoms with Gasteiger partial charge in [0.2, 0.25) is 0 Å². The minimum Gasteiger partial charge on any atom is -0.369 e. The second kappa shape index (κ2) is 5.57. The number of hydrogen-bond acceptors (Lipinski definition) is 5. The highest BCUT2D eigenvalue weighted by Gasteiger charge is 2.17. The van der Waals surface area contributed by atoms with Crippen LogP contribution in [0.5, 0.6) is 0 Å². The summed E-state index contributed by atoms with van der Waals surface area (Å²) in [4.78, 5) is 14.4. The average molecular weight is 264 g/mol. The number of nitro groups is 1. The molecule has 0 atom stereocenters. The summed E-state index contributed by atoms with van der Waals surface area (Å²) < 4.78 is 13.9. The van der Waals surface area contributed by atoms with Crippen LogP contribution in [0.2, 0.25) is 0 Å². The highest BCUT2D eigenvalue weighted by Crippen LogP contribution is 2.31. The molecule has 0 aliphatic heterocycles. The van der Waals surface area contributed by atoms with E-state index in [-0.39, 0.29) is 16.5 Å².